The topological polar surface area (TPSA) is 38.8 Å². The van der Waals surface area contributed by atoms with E-state index in [1.54, 1.807) is 26.4 Å². The highest BCUT2D eigenvalue weighted by Crippen LogP contribution is 2.34. The van der Waals surface area contributed by atoms with Crippen LogP contribution in [0.5, 0.6) is 11.5 Å². The van der Waals surface area contributed by atoms with Crippen LogP contribution in [0.3, 0.4) is 0 Å². The summed E-state index contributed by atoms with van der Waals surface area (Å²) in [6, 6.07) is 3.54. The van der Waals surface area contributed by atoms with Crippen molar-refractivity contribution in [2.24, 2.45) is 5.92 Å². The molecular weight excluding hydrogens is 322 g/mol. The summed E-state index contributed by atoms with van der Waals surface area (Å²) in [5.41, 5.74) is 0.549. The molecule has 0 atom stereocenters. The van der Waals surface area contributed by atoms with Crippen LogP contribution in [-0.2, 0) is 0 Å². The molecule has 0 spiro atoms. The molecule has 0 radical (unpaired) electrons. The summed E-state index contributed by atoms with van der Waals surface area (Å²) in [4.78, 5) is 14.6. The largest absolute Gasteiger partial charge is 0.497 e. The van der Waals surface area contributed by atoms with Gasteiger partial charge >= 0.3 is 0 Å². The second-order valence-electron chi connectivity index (χ2n) is 5.16. The number of methoxy groups -OCH3 is 2. The van der Waals surface area contributed by atoms with Crippen LogP contribution in [0.25, 0.3) is 0 Å². The van der Waals surface area contributed by atoms with Gasteiger partial charge in [0.15, 0.2) is 0 Å². The lowest BCUT2D eigenvalue weighted by atomic mass is 9.98. The normalized spacial score (nSPS) is 16.1. The van der Waals surface area contributed by atoms with Crippen molar-refractivity contribution in [3.63, 3.8) is 0 Å². The van der Waals surface area contributed by atoms with Gasteiger partial charge < -0.3 is 14.4 Å². The molecule has 1 aliphatic rings. The maximum Gasteiger partial charge on any atom is 0.257 e. The van der Waals surface area contributed by atoms with Crippen LogP contribution in [0.15, 0.2) is 16.6 Å². The van der Waals surface area contributed by atoms with Crippen LogP contribution in [0.2, 0.25) is 0 Å². The number of hydrogen-bond acceptors (Lipinski definition) is 3. The Kier molecular flexibility index (Phi) is 4.91. The molecule has 0 bridgehead atoms. The molecule has 1 heterocycles. The maximum atomic E-state index is 12.7. The van der Waals surface area contributed by atoms with E-state index < -0.39 is 0 Å². The number of likely N-dealkylation sites (tertiary alicyclic amines) is 1. The number of ether oxygens (including phenoxy) is 2. The van der Waals surface area contributed by atoms with Crippen molar-refractivity contribution in [1.82, 2.24) is 4.90 Å². The quantitative estimate of drug-likeness (QED) is 0.846. The Morgan fingerprint density at radius 3 is 2.45 bits per heavy atom. The summed E-state index contributed by atoms with van der Waals surface area (Å²) in [6.07, 6.45) is 2.11. The molecule has 0 N–H and O–H groups in total. The molecule has 1 saturated heterocycles. The predicted molar refractivity (Wildman–Crippen MR) is 81.5 cm³/mol. The van der Waals surface area contributed by atoms with E-state index in [1.807, 2.05) is 4.90 Å². The Balaban J connectivity index is 2.30. The minimum absolute atomic E-state index is 0.00773. The Morgan fingerprint density at radius 2 is 1.90 bits per heavy atom. The monoisotopic (exact) mass is 341 g/mol. The molecular formula is C15H20BrNO3. The number of nitrogens with zero attached hydrogens (tertiary/aromatic N) is 1. The van der Waals surface area contributed by atoms with Crippen molar-refractivity contribution in [3.8, 4) is 11.5 Å². The Bertz CT molecular complexity index is 496. The number of carbonyl (C=O) groups excluding carboxylic acids is 1. The summed E-state index contributed by atoms with van der Waals surface area (Å²) >= 11 is 3.43. The first-order valence-electron chi connectivity index (χ1n) is 6.77. The average Bonchev–Trinajstić information content (AvgIpc) is 2.46. The fourth-order valence-electron chi connectivity index (χ4n) is 2.43. The average molecular weight is 342 g/mol. The molecule has 2 rings (SSSR count). The zero-order chi connectivity index (χ0) is 14.7. The minimum Gasteiger partial charge on any atom is -0.497 e. The van der Waals surface area contributed by atoms with Crippen LogP contribution >= 0.6 is 15.9 Å². The summed E-state index contributed by atoms with van der Waals surface area (Å²) in [5.74, 6) is 1.91. The molecule has 0 unspecified atom stereocenters. The zero-order valence-corrected chi connectivity index (χ0v) is 13.7. The lowest BCUT2D eigenvalue weighted by Crippen LogP contribution is -2.38. The number of rotatable bonds is 3. The highest BCUT2D eigenvalue weighted by Gasteiger charge is 2.25. The van der Waals surface area contributed by atoms with E-state index in [-0.39, 0.29) is 5.91 Å². The summed E-state index contributed by atoms with van der Waals surface area (Å²) in [5, 5.41) is 0. The first-order valence-corrected chi connectivity index (χ1v) is 7.57. The smallest absolute Gasteiger partial charge is 0.257 e. The van der Waals surface area contributed by atoms with Gasteiger partial charge in [-0.3, -0.25) is 4.79 Å². The van der Waals surface area contributed by atoms with Crippen LogP contribution in [0.4, 0.5) is 0 Å². The number of halogens is 1. The van der Waals surface area contributed by atoms with Crippen LogP contribution in [0, 0.1) is 5.92 Å². The first kappa shape index (κ1) is 15.2. The van der Waals surface area contributed by atoms with Crippen molar-refractivity contribution in [1.29, 1.82) is 0 Å². The van der Waals surface area contributed by atoms with Gasteiger partial charge in [0, 0.05) is 13.1 Å². The summed E-state index contributed by atoms with van der Waals surface area (Å²) in [6.45, 7) is 3.83. The molecule has 0 aromatic heterocycles. The summed E-state index contributed by atoms with van der Waals surface area (Å²) < 4.78 is 11.3. The van der Waals surface area contributed by atoms with Gasteiger partial charge in [0.25, 0.3) is 5.91 Å². The standard InChI is InChI=1S/C15H20BrNO3/c1-10-4-6-17(7-5-10)15(18)12-8-11(19-2)9-13(16)14(12)20-3/h8-10H,4-7H2,1-3H3. The lowest BCUT2D eigenvalue weighted by Gasteiger charge is -2.30. The van der Waals surface area contributed by atoms with Crippen molar-refractivity contribution in [2.75, 3.05) is 27.3 Å². The second-order valence-corrected chi connectivity index (χ2v) is 6.02. The number of piperidine rings is 1. The molecule has 1 aromatic carbocycles. The fraction of sp³-hybridized carbons (Fsp3) is 0.533. The van der Waals surface area contributed by atoms with Gasteiger partial charge in [-0.2, -0.15) is 0 Å². The van der Waals surface area contributed by atoms with E-state index >= 15 is 0 Å². The van der Waals surface area contributed by atoms with E-state index in [4.69, 9.17) is 9.47 Å². The number of hydrogen-bond donors (Lipinski definition) is 0. The van der Waals surface area contributed by atoms with Gasteiger partial charge in [-0.05, 0) is 46.8 Å². The van der Waals surface area contributed by atoms with E-state index in [1.165, 1.54) is 0 Å². The Hall–Kier alpha value is -1.23. The third-order valence-electron chi connectivity index (χ3n) is 3.76. The zero-order valence-electron chi connectivity index (χ0n) is 12.1. The highest BCUT2D eigenvalue weighted by molar-refractivity contribution is 9.10. The molecule has 110 valence electrons. The van der Waals surface area contributed by atoms with Gasteiger partial charge in [0.1, 0.15) is 11.5 Å². The minimum atomic E-state index is 0.00773. The Morgan fingerprint density at radius 1 is 1.25 bits per heavy atom. The van der Waals surface area contributed by atoms with Gasteiger partial charge in [-0.25, -0.2) is 0 Å². The number of carbonyl (C=O) groups is 1. The van der Waals surface area contributed by atoms with E-state index in [0.717, 1.165) is 30.4 Å². The molecule has 0 aliphatic carbocycles. The highest BCUT2D eigenvalue weighted by atomic mass is 79.9. The number of amides is 1. The first-order chi connectivity index (χ1) is 9.56. The maximum absolute atomic E-state index is 12.7. The molecule has 1 fully saturated rings. The van der Waals surface area contributed by atoms with Crippen LogP contribution in [0.1, 0.15) is 30.1 Å². The molecule has 1 aliphatic heterocycles. The van der Waals surface area contributed by atoms with E-state index in [0.29, 0.717) is 23.0 Å². The van der Waals surface area contributed by atoms with Gasteiger partial charge in [0.05, 0.1) is 24.3 Å². The summed E-state index contributed by atoms with van der Waals surface area (Å²) in [7, 11) is 3.16. The third kappa shape index (κ3) is 3.08. The van der Waals surface area contributed by atoms with E-state index in [2.05, 4.69) is 22.9 Å². The third-order valence-corrected chi connectivity index (χ3v) is 4.35. The molecule has 5 heteroatoms. The second kappa shape index (κ2) is 6.48. The molecule has 1 aromatic rings. The molecule has 4 nitrogen and oxygen atoms in total. The van der Waals surface area contributed by atoms with Crippen LogP contribution < -0.4 is 9.47 Å². The van der Waals surface area contributed by atoms with Crippen molar-refractivity contribution >= 4 is 21.8 Å². The van der Waals surface area contributed by atoms with Gasteiger partial charge in [-0.15, -0.1) is 0 Å². The van der Waals surface area contributed by atoms with Gasteiger partial charge in [-0.1, -0.05) is 6.92 Å². The van der Waals surface area contributed by atoms with Gasteiger partial charge in [0.2, 0.25) is 0 Å². The number of benzene rings is 1. The van der Waals surface area contributed by atoms with Crippen molar-refractivity contribution in [3.05, 3.63) is 22.2 Å². The lowest BCUT2D eigenvalue weighted by molar-refractivity contribution is 0.0693. The molecule has 0 saturated carbocycles. The Labute approximate surface area is 128 Å². The SMILES string of the molecule is COc1cc(Br)c(OC)c(C(=O)N2CCC(C)CC2)c1. The van der Waals surface area contributed by atoms with Crippen molar-refractivity contribution in [2.45, 2.75) is 19.8 Å². The van der Waals surface area contributed by atoms with E-state index in [9.17, 15) is 4.79 Å². The molecule has 20 heavy (non-hydrogen) atoms. The predicted octanol–water partition coefficient (Wildman–Crippen LogP) is 3.34. The molecule has 1 amide bonds. The van der Waals surface area contributed by atoms with Crippen LogP contribution in [-0.4, -0.2) is 38.1 Å². The van der Waals surface area contributed by atoms with Crippen molar-refractivity contribution < 1.29 is 14.3 Å². The fourth-order valence-corrected chi connectivity index (χ4v) is 3.04.